The Bertz CT molecular complexity index is 240. The van der Waals surface area contributed by atoms with Crippen molar-refractivity contribution in [2.45, 2.75) is 32.1 Å². The largest absolute Gasteiger partial charge is 0.396 e. The minimum Gasteiger partial charge on any atom is -0.396 e. The summed E-state index contributed by atoms with van der Waals surface area (Å²) >= 11 is 0. The maximum Gasteiger partial charge on any atom is 0.234 e. The molecule has 1 saturated heterocycles. The lowest BCUT2D eigenvalue weighted by atomic mass is 9.69. The Kier molecular flexibility index (Phi) is 3.82. The first-order valence-electron chi connectivity index (χ1n) is 6.34. The molecular weight excluding hydrogens is 204 g/mol. The molecule has 0 bridgehead atoms. The number of nitrogens with one attached hydrogen (secondary N) is 1. The molecule has 4 nitrogen and oxygen atoms in total. The highest BCUT2D eigenvalue weighted by Crippen LogP contribution is 2.39. The highest BCUT2D eigenvalue weighted by molar-refractivity contribution is 5.78. The standard InChI is InChI=1S/C12H22N2O2/c15-10-12(4-3-5-12)9-13-11(16)8-14-6-1-2-7-14/h15H,1-10H2,(H,13,16). The van der Waals surface area contributed by atoms with Crippen LogP contribution in [-0.2, 0) is 4.79 Å². The summed E-state index contributed by atoms with van der Waals surface area (Å²) in [4.78, 5) is 13.9. The molecule has 0 unspecified atom stereocenters. The van der Waals surface area contributed by atoms with Gasteiger partial charge in [-0.1, -0.05) is 6.42 Å². The predicted molar refractivity (Wildman–Crippen MR) is 62.1 cm³/mol. The number of aliphatic hydroxyl groups is 1. The van der Waals surface area contributed by atoms with Crippen molar-refractivity contribution < 1.29 is 9.90 Å². The molecule has 0 aromatic carbocycles. The van der Waals surface area contributed by atoms with Gasteiger partial charge in [0.25, 0.3) is 0 Å². The molecule has 1 aliphatic heterocycles. The van der Waals surface area contributed by atoms with E-state index in [0.717, 1.165) is 25.9 Å². The van der Waals surface area contributed by atoms with Gasteiger partial charge in [0.05, 0.1) is 13.2 Å². The molecule has 0 spiro atoms. The van der Waals surface area contributed by atoms with Gasteiger partial charge in [0.15, 0.2) is 0 Å². The van der Waals surface area contributed by atoms with Crippen molar-refractivity contribution in [1.82, 2.24) is 10.2 Å². The molecule has 2 fully saturated rings. The summed E-state index contributed by atoms with van der Waals surface area (Å²) in [5.41, 5.74) is 0.000664. The SMILES string of the molecule is O=C(CN1CCCC1)NCC1(CO)CCC1. The second-order valence-electron chi connectivity index (χ2n) is 5.27. The molecule has 0 aromatic rings. The summed E-state index contributed by atoms with van der Waals surface area (Å²) in [6.07, 6.45) is 5.71. The maximum atomic E-state index is 11.7. The molecule has 1 heterocycles. The van der Waals surface area contributed by atoms with Crippen LogP contribution in [0.3, 0.4) is 0 Å². The first-order chi connectivity index (χ1) is 7.74. The Hall–Kier alpha value is -0.610. The number of nitrogens with zero attached hydrogens (tertiary/aromatic N) is 1. The van der Waals surface area contributed by atoms with Gasteiger partial charge in [-0.2, -0.15) is 0 Å². The summed E-state index contributed by atoms with van der Waals surface area (Å²) in [5.74, 6) is 0.113. The summed E-state index contributed by atoms with van der Waals surface area (Å²) in [6.45, 7) is 3.49. The number of hydrogen-bond donors (Lipinski definition) is 2. The summed E-state index contributed by atoms with van der Waals surface area (Å²) < 4.78 is 0. The van der Waals surface area contributed by atoms with Gasteiger partial charge < -0.3 is 10.4 Å². The first kappa shape index (κ1) is 11.9. The van der Waals surface area contributed by atoms with Crippen LogP contribution in [0.5, 0.6) is 0 Å². The average molecular weight is 226 g/mol. The lowest BCUT2D eigenvalue weighted by Crippen LogP contribution is -2.46. The van der Waals surface area contributed by atoms with Gasteiger partial charge in [0.2, 0.25) is 5.91 Å². The van der Waals surface area contributed by atoms with E-state index in [0.29, 0.717) is 13.1 Å². The maximum absolute atomic E-state index is 11.7. The monoisotopic (exact) mass is 226 g/mol. The fourth-order valence-corrected chi connectivity index (χ4v) is 2.55. The Labute approximate surface area is 97.0 Å². The van der Waals surface area contributed by atoms with Gasteiger partial charge in [-0.05, 0) is 38.8 Å². The third kappa shape index (κ3) is 2.74. The minimum absolute atomic E-state index is 0.000664. The van der Waals surface area contributed by atoms with E-state index in [1.807, 2.05) is 0 Å². The summed E-state index contributed by atoms with van der Waals surface area (Å²) in [7, 11) is 0. The Morgan fingerprint density at radius 2 is 1.94 bits per heavy atom. The molecule has 4 heteroatoms. The number of carbonyl (C=O) groups excluding carboxylic acids is 1. The molecule has 1 aliphatic carbocycles. The number of aliphatic hydroxyl groups excluding tert-OH is 1. The zero-order valence-electron chi connectivity index (χ0n) is 9.87. The highest BCUT2D eigenvalue weighted by Gasteiger charge is 2.36. The van der Waals surface area contributed by atoms with Crippen molar-refractivity contribution in [3.63, 3.8) is 0 Å². The number of rotatable bonds is 5. The predicted octanol–water partition coefficient (Wildman–Crippen LogP) is 0.361. The fourth-order valence-electron chi connectivity index (χ4n) is 2.55. The van der Waals surface area contributed by atoms with Gasteiger partial charge in [-0.3, -0.25) is 9.69 Å². The van der Waals surface area contributed by atoms with Crippen LogP contribution in [0.2, 0.25) is 0 Å². The van der Waals surface area contributed by atoms with E-state index in [4.69, 9.17) is 0 Å². The fraction of sp³-hybridized carbons (Fsp3) is 0.917. The quantitative estimate of drug-likeness (QED) is 0.712. The van der Waals surface area contributed by atoms with E-state index < -0.39 is 0 Å². The molecule has 0 atom stereocenters. The van der Waals surface area contributed by atoms with Gasteiger partial charge in [0, 0.05) is 12.0 Å². The van der Waals surface area contributed by atoms with Crippen LogP contribution in [0.25, 0.3) is 0 Å². The van der Waals surface area contributed by atoms with E-state index in [-0.39, 0.29) is 17.9 Å². The average Bonchev–Trinajstić information content (AvgIpc) is 2.69. The van der Waals surface area contributed by atoms with Crippen molar-refractivity contribution in [2.75, 3.05) is 32.8 Å². The van der Waals surface area contributed by atoms with E-state index in [9.17, 15) is 9.90 Å². The molecule has 2 rings (SSSR count). The molecule has 2 aliphatic rings. The normalized spacial score (nSPS) is 24.1. The molecule has 2 N–H and O–H groups in total. The van der Waals surface area contributed by atoms with Crippen LogP contribution in [-0.4, -0.2) is 48.7 Å². The van der Waals surface area contributed by atoms with E-state index in [1.165, 1.54) is 19.3 Å². The van der Waals surface area contributed by atoms with Crippen LogP contribution in [0.4, 0.5) is 0 Å². The lowest BCUT2D eigenvalue weighted by molar-refractivity contribution is -0.123. The number of likely N-dealkylation sites (tertiary alicyclic amines) is 1. The van der Waals surface area contributed by atoms with E-state index in [2.05, 4.69) is 10.2 Å². The Balaban J connectivity index is 1.66. The molecule has 1 saturated carbocycles. The second kappa shape index (κ2) is 5.15. The molecule has 0 aromatic heterocycles. The molecule has 16 heavy (non-hydrogen) atoms. The summed E-state index contributed by atoms with van der Waals surface area (Å²) in [5, 5.41) is 12.2. The van der Waals surface area contributed by atoms with Crippen LogP contribution in [0.15, 0.2) is 0 Å². The van der Waals surface area contributed by atoms with E-state index >= 15 is 0 Å². The van der Waals surface area contributed by atoms with Crippen molar-refractivity contribution >= 4 is 5.91 Å². The minimum atomic E-state index is 0.000664. The van der Waals surface area contributed by atoms with Gasteiger partial charge >= 0.3 is 0 Å². The first-order valence-corrected chi connectivity index (χ1v) is 6.34. The van der Waals surface area contributed by atoms with Crippen molar-refractivity contribution in [3.8, 4) is 0 Å². The topological polar surface area (TPSA) is 52.6 Å². The van der Waals surface area contributed by atoms with Crippen LogP contribution in [0, 0.1) is 5.41 Å². The molecule has 0 radical (unpaired) electrons. The third-order valence-electron chi connectivity index (χ3n) is 3.98. The van der Waals surface area contributed by atoms with Crippen molar-refractivity contribution in [3.05, 3.63) is 0 Å². The summed E-state index contributed by atoms with van der Waals surface area (Å²) in [6, 6.07) is 0. The molecular formula is C12H22N2O2. The Morgan fingerprint density at radius 1 is 1.25 bits per heavy atom. The smallest absolute Gasteiger partial charge is 0.234 e. The van der Waals surface area contributed by atoms with Gasteiger partial charge in [-0.15, -0.1) is 0 Å². The second-order valence-corrected chi connectivity index (χ2v) is 5.27. The van der Waals surface area contributed by atoms with Gasteiger partial charge in [-0.25, -0.2) is 0 Å². The van der Waals surface area contributed by atoms with Crippen LogP contribution < -0.4 is 5.32 Å². The van der Waals surface area contributed by atoms with Crippen LogP contribution >= 0.6 is 0 Å². The molecule has 92 valence electrons. The van der Waals surface area contributed by atoms with Crippen LogP contribution in [0.1, 0.15) is 32.1 Å². The number of amides is 1. The zero-order chi connectivity index (χ0) is 11.4. The zero-order valence-corrected chi connectivity index (χ0v) is 9.87. The highest BCUT2D eigenvalue weighted by atomic mass is 16.3. The van der Waals surface area contributed by atoms with Gasteiger partial charge in [0.1, 0.15) is 0 Å². The number of carbonyl (C=O) groups is 1. The Morgan fingerprint density at radius 3 is 2.44 bits per heavy atom. The lowest BCUT2D eigenvalue weighted by Gasteiger charge is -2.40. The van der Waals surface area contributed by atoms with E-state index in [1.54, 1.807) is 0 Å². The third-order valence-corrected chi connectivity index (χ3v) is 3.98. The number of hydrogen-bond acceptors (Lipinski definition) is 3. The molecule has 1 amide bonds. The van der Waals surface area contributed by atoms with Crippen molar-refractivity contribution in [1.29, 1.82) is 0 Å². The van der Waals surface area contributed by atoms with Crippen molar-refractivity contribution in [2.24, 2.45) is 5.41 Å².